The van der Waals surface area contributed by atoms with Crippen molar-refractivity contribution >= 4 is 5.69 Å². The number of aromatic hydroxyl groups is 1. The van der Waals surface area contributed by atoms with E-state index in [1.807, 2.05) is 6.07 Å². The van der Waals surface area contributed by atoms with Crippen molar-refractivity contribution < 1.29 is 9.50 Å². The molecular formula is C16H14FN3O. The van der Waals surface area contributed by atoms with Crippen LogP contribution in [-0.4, -0.2) is 15.1 Å². The standard InChI is InChI=1S/C16H14FN3O/c17-12-3-1-2-11(8-12)16(15-9-18-10-19-15)20-13-4-6-14(21)7-5-13/h1-10,16,20-21H,(H,18,19). The van der Waals surface area contributed by atoms with E-state index in [0.717, 1.165) is 16.9 Å². The molecule has 4 nitrogen and oxygen atoms in total. The van der Waals surface area contributed by atoms with Crippen LogP contribution in [0.1, 0.15) is 17.3 Å². The van der Waals surface area contributed by atoms with Crippen LogP contribution in [0.5, 0.6) is 5.75 Å². The Morgan fingerprint density at radius 3 is 2.62 bits per heavy atom. The Morgan fingerprint density at radius 2 is 1.95 bits per heavy atom. The molecule has 1 aromatic heterocycles. The molecule has 5 heteroatoms. The van der Waals surface area contributed by atoms with Gasteiger partial charge in [-0.3, -0.25) is 0 Å². The summed E-state index contributed by atoms with van der Waals surface area (Å²) in [7, 11) is 0. The molecule has 3 aromatic rings. The molecule has 0 aliphatic rings. The number of H-pyrrole nitrogens is 1. The maximum Gasteiger partial charge on any atom is 0.123 e. The molecule has 1 heterocycles. The number of aromatic amines is 1. The molecule has 0 aliphatic carbocycles. The lowest BCUT2D eigenvalue weighted by Gasteiger charge is -2.19. The topological polar surface area (TPSA) is 60.9 Å². The Hall–Kier alpha value is -2.82. The number of hydrogen-bond acceptors (Lipinski definition) is 3. The molecule has 0 radical (unpaired) electrons. The van der Waals surface area contributed by atoms with E-state index in [1.54, 1.807) is 42.9 Å². The molecule has 0 saturated heterocycles. The van der Waals surface area contributed by atoms with Crippen molar-refractivity contribution in [3.05, 3.63) is 78.1 Å². The Balaban J connectivity index is 1.95. The van der Waals surface area contributed by atoms with Gasteiger partial charge < -0.3 is 15.4 Å². The third-order valence-electron chi connectivity index (χ3n) is 3.18. The molecule has 3 N–H and O–H groups in total. The highest BCUT2D eigenvalue weighted by Gasteiger charge is 2.16. The average molecular weight is 283 g/mol. The van der Waals surface area contributed by atoms with E-state index in [2.05, 4.69) is 15.3 Å². The zero-order valence-electron chi connectivity index (χ0n) is 11.1. The maximum absolute atomic E-state index is 13.5. The van der Waals surface area contributed by atoms with E-state index in [-0.39, 0.29) is 17.6 Å². The molecule has 0 bridgehead atoms. The second kappa shape index (κ2) is 5.66. The molecule has 3 rings (SSSR count). The Labute approximate surface area is 121 Å². The van der Waals surface area contributed by atoms with E-state index in [1.165, 1.54) is 12.1 Å². The fourth-order valence-corrected chi connectivity index (χ4v) is 2.17. The smallest absolute Gasteiger partial charge is 0.123 e. The van der Waals surface area contributed by atoms with Crippen molar-refractivity contribution in [2.75, 3.05) is 5.32 Å². The molecule has 0 aliphatic heterocycles. The van der Waals surface area contributed by atoms with Crippen molar-refractivity contribution in [3.8, 4) is 5.75 Å². The number of hydrogen-bond donors (Lipinski definition) is 3. The third-order valence-corrected chi connectivity index (χ3v) is 3.18. The number of phenolic OH excluding ortho intramolecular Hbond substituents is 1. The summed E-state index contributed by atoms with van der Waals surface area (Å²) >= 11 is 0. The van der Waals surface area contributed by atoms with Crippen molar-refractivity contribution in [2.45, 2.75) is 6.04 Å². The van der Waals surface area contributed by atoms with Crippen LogP contribution in [0.25, 0.3) is 0 Å². The Morgan fingerprint density at radius 1 is 1.14 bits per heavy atom. The predicted octanol–water partition coefficient (Wildman–Crippen LogP) is 3.46. The number of anilines is 1. The minimum atomic E-state index is -0.291. The van der Waals surface area contributed by atoms with Crippen LogP contribution in [0.4, 0.5) is 10.1 Å². The Kier molecular flexibility index (Phi) is 3.55. The molecule has 0 fully saturated rings. The van der Waals surface area contributed by atoms with Crippen LogP contribution in [0.3, 0.4) is 0 Å². The number of phenols is 1. The van der Waals surface area contributed by atoms with Gasteiger partial charge in [-0.2, -0.15) is 0 Å². The quantitative estimate of drug-likeness (QED) is 0.643. The van der Waals surface area contributed by atoms with E-state index in [4.69, 9.17) is 0 Å². The van der Waals surface area contributed by atoms with Crippen molar-refractivity contribution in [2.24, 2.45) is 0 Å². The van der Waals surface area contributed by atoms with E-state index in [9.17, 15) is 9.50 Å². The lowest BCUT2D eigenvalue weighted by atomic mass is 10.0. The number of rotatable bonds is 4. The van der Waals surface area contributed by atoms with Crippen LogP contribution < -0.4 is 5.32 Å². The summed E-state index contributed by atoms with van der Waals surface area (Å²) in [6.45, 7) is 0. The van der Waals surface area contributed by atoms with Crippen molar-refractivity contribution in [1.29, 1.82) is 0 Å². The minimum Gasteiger partial charge on any atom is -0.508 e. The summed E-state index contributed by atoms with van der Waals surface area (Å²) in [5.74, 6) is -0.0943. The minimum absolute atomic E-state index is 0.197. The summed E-state index contributed by atoms with van der Waals surface area (Å²) in [6, 6.07) is 12.8. The molecular weight excluding hydrogens is 269 g/mol. The second-order valence-electron chi connectivity index (χ2n) is 4.67. The van der Waals surface area contributed by atoms with Gasteiger partial charge in [0.25, 0.3) is 0 Å². The maximum atomic E-state index is 13.5. The van der Waals surface area contributed by atoms with Gasteiger partial charge in [-0.15, -0.1) is 0 Å². The normalized spacial score (nSPS) is 12.0. The molecule has 0 saturated carbocycles. The first-order chi connectivity index (χ1) is 10.2. The van der Waals surface area contributed by atoms with Crippen LogP contribution >= 0.6 is 0 Å². The average Bonchev–Trinajstić information content (AvgIpc) is 3.00. The lowest BCUT2D eigenvalue weighted by Crippen LogP contribution is -2.13. The van der Waals surface area contributed by atoms with Gasteiger partial charge in [-0.05, 0) is 42.0 Å². The first-order valence-corrected chi connectivity index (χ1v) is 6.52. The number of aromatic nitrogens is 2. The summed E-state index contributed by atoms with van der Waals surface area (Å²) in [4.78, 5) is 7.15. The highest BCUT2D eigenvalue weighted by Crippen LogP contribution is 2.26. The van der Waals surface area contributed by atoms with Crippen LogP contribution in [-0.2, 0) is 0 Å². The van der Waals surface area contributed by atoms with Gasteiger partial charge in [0.1, 0.15) is 11.6 Å². The molecule has 2 aromatic carbocycles. The van der Waals surface area contributed by atoms with Crippen LogP contribution in [0.2, 0.25) is 0 Å². The zero-order valence-corrected chi connectivity index (χ0v) is 11.1. The van der Waals surface area contributed by atoms with Crippen molar-refractivity contribution in [3.63, 3.8) is 0 Å². The fourth-order valence-electron chi connectivity index (χ4n) is 2.17. The Bertz CT molecular complexity index is 711. The first kappa shape index (κ1) is 13.2. The van der Waals surface area contributed by atoms with Crippen LogP contribution in [0.15, 0.2) is 61.1 Å². The number of nitrogens with zero attached hydrogens (tertiary/aromatic N) is 1. The number of imidazole rings is 1. The number of halogens is 1. The lowest BCUT2D eigenvalue weighted by molar-refractivity contribution is 0.475. The third kappa shape index (κ3) is 3.02. The highest BCUT2D eigenvalue weighted by atomic mass is 19.1. The monoisotopic (exact) mass is 283 g/mol. The molecule has 1 unspecified atom stereocenters. The molecule has 0 amide bonds. The summed E-state index contributed by atoms with van der Waals surface area (Å²) in [5, 5.41) is 12.6. The number of benzene rings is 2. The summed E-state index contributed by atoms with van der Waals surface area (Å²) < 4.78 is 13.5. The SMILES string of the molecule is Oc1ccc(NC(c2cccc(F)c2)c2c[nH]cn2)cc1. The molecule has 106 valence electrons. The van der Waals surface area contributed by atoms with Gasteiger partial charge >= 0.3 is 0 Å². The van der Waals surface area contributed by atoms with Gasteiger partial charge in [0.2, 0.25) is 0 Å². The second-order valence-corrected chi connectivity index (χ2v) is 4.67. The largest absolute Gasteiger partial charge is 0.508 e. The molecule has 21 heavy (non-hydrogen) atoms. The molecule has 0 spiro atoms. The van der Waals surface area contributed by atoms with Gasteiger partial charge in [0, 0.05) is 11.9 Å². The van der Waals surface area contributed by atoms with Crippen LogP contribution in [0, 0.1) is 5.82 Å². The van der Waals surface area contributed by atoms with Gasteiger partial charge in [0.15, 0.2) is 0 Å². The summed E-state index contributed by atoms with van der Waals surface area (Å²) in [5.41, 5.74) is 2.34. The van der Waals surface area contributed by atoms with E-state index in [0.29, 0.717) is 0 Å². The van der Waals surface area contributed by atoms with E-state index >= 15 is 0 Å². The van der Waals surface area contributed by atoms with Gasteiger partial charge in [-0.1, -0.05) is 12.1 Å². The van der Waals surface area contributed by atoms with Gasteiger partial charge in [0.05, 0.1) is 18.1 Å². The van der Waals surface area contributed by atoms with E-state index < -0.39 is 0 Å². The van der Waals surface area contributed by atoms with Crippen molar-refractivity contribution in [1.82, 2.24) is 9.97 Å². The highest BCUT2D eigenvalue weighted by molar-refractivity contribution is 5.50. The predicted molar refractivity (Wildman–Crippen MR) is 78.6 cm³/mol. The zero-order chi connectivity index (χ0) is 14.7. The molecule has 1 atom stereocenters. The fraction of sp³-hybridized carbons (Fsp3) is 0.0625. The first-order valence-electron chi connectivity index (χ1n) is 6.52. The van der Waals surface area contributed by atoms with Gasteiger partial charge in [-0.25, -0.2) is 9.37 Å². The summed E-state index contributed by atoms with van der Waals surface area (Å²) in [6.07, 6.45) is 3.35. The number of nitrogens with one attached hydrogen (secondary N) is 2.